The van der Waals surface area contributed by atoms with Crippen molar-refractivity contribution in [1.29, 1.82) is 0 Å². The number of carbonyl (C=O) groups excluding carboxylic acids is 1. The van der Waals surface area contributed by atoms with Crippen LogP contribution in [0, 0.1) is 12.8 Å². The number of aromatic nitrogens is 2. The van der Waals surface area contributed by atoms with Gasteiger partial charge in [0.25, 0.3) is 5.56 Å². The minimum atomic E-state index is -0.0555. The highest BCUT2D eigenvalue weighted by molar-refractivity contribution is 7.18. The van der Waals surface area contributed by atoms with Gasteiger partial charge in [0.1, 0.15) is 10.7 Å². The highest BCUT2D eigenvalue weighted by Gasteiger charge is 2.24. The Balaban J connectivity index is 1.22. The van der Waals surface area contributed by atoms with Gasteiger partial charge in [-0.3, -0.25) is 9.59 Å². The second-order valence-electron chi connectivity index (χ2n) is 9.34. The van der Waals surface area contributed by atoms with E-state index in [1.165, 1.54) is 16.0 Å². The van der Waals surface area contributed by atoms with Crippen LogP contribution in [0.15, 0.2) is 23.0 Å². The zero-order chi connectivity index (χ0) is 23.1. The van der Waals surface area contributed by atoms with Crippen LogP contribution in [0.5, 0.6) is 0 Å². The number of benzene rings is 1. The van der Waals surface area contributed by atoms with Gasteiger partial charge in [-0.1, -0.05) is 24.6 Å². The molecule has 3 heterocycles. The van der Waals surface area contributed by atoms with E-state index in [0.717, 1.165) is 53.3 Å². The van der Waals surface area contributed by atoms with E-state index in [0.29, 0.717) is 37.7 Å². The topological polar surface area (TPSA) is 69.3 Å². The summed E-state index contributed by atoms with van der Waals surface area (Å²) in [4.78, 5) is 39.6. The smallest absolute Gasteiger partial charge is 0.259 e. The number of nitrogens with one attached hydrogen (secondary N) is 1. The number of nitrogens with zero attached hydrogens (tertiary/aromatic N) is 3. The van der Waals surface area contributed by atoms with E-state index < -0.39 is 0 Å². The van der Waals surface area contributed by atoms with Gasteiger partial charge in [0.15, 0.2) is 0 Å². The van der Waals surface area contributed by atoms with Crippen molar-refractivity contribution < 1.29 is 4.79 Å². The van der Waals surface area contributed by atoms with E-state index >= 15 is 0 Å². The lowest BCUT2D eigenvalue weighted by Gasteiger charge is -2.37. The summed E-state index contributed by atoms with van der Waals surface area (Å²) in [5, 5.41) is 1.50. The lowest BCUT2D eigenvalue weighted by molar-refractivity contribution is -0.131. The molecule has 1 aliphatic heterocycles. The molecule has 8 heteroatoms. The summed E-state index contributed by atoms with van der Waals surface area (Å²) in [5.74, 6) is 1.38. The third-order valence-electron chi connectivity index (χ3n) is 6.93. The lowest BCUT2D eigenvalue weighted by Crippen LogP contribution is -2.49. The van der Waals surface area contributed by atoms with Gasteiger partial charge in [-0.15, -0.1) is 11.3 Å². The van der Waals surface area contributed by atoms with Gasteiger partial charge < -0.3 is 14.8 Å². The molecule has 0 radical (unpaired) electrons. The Labute approximate surface area is 202 Å². The highest BCUT2D eigenvalue weighted by atomic mass is 35.5. The maximum Gasteiger partial charge on any atom is 0.259 e. The number of carbonyl (C=O) groups is 1. The first-order chi connectivity index (χ1) is 15.9. The molecule has 1 N–H and O–H groups in total. The van der Waals surface area contributed by atoms with Gasteiger partial charge in [-0.2, -0.15) is 0 Å². The Morgan fingerprint density at radius 1 is 1.27 bits per heavy atom. The van der Waals surface area contributed by atoms with Crippen molar-refractivity contribution in [3.8, 4) is 0 Å². The molecule has 0 bridgehead atoms. The largest absolute Gasteiger partial charge is 0.368 e. The number of anilines is 1. The van der Waals surface area contributed by atoms with Gasteiger partial charge in [-0.25, -0.2) is 4.98 Å². The Hall–Kier alpha value is -2.38. The van der Waals surface area contributed by atoms with E-state index in [1.807, 2.05) is 23.1 Å². The molecular weight excluding hydrogens is 456 g/mol. The predicted octanol–water partition coefficient (Wildman–Crippen LogP) is 4.35. The number of aromatic amines is 1. The second-order valence-corrected chi connectivity index (χ2v) is 10.9. The number of thiophene rings is 1. The molecule has 6 nitrogen and oxygen atoms in total. The molecule has 1 atom stereocenters. The van der Waals surface area contributed by atoms with Crippen LogP contribution in [0.2, 0.25) is 5.02 Å². The van der Waals surface area contributed by atoms with Crippen molar-refractivity contribution in [3.63, 3.8) is 0 Å². The Morgan fingerprint density at radius 3 is 2.85 bits per heavy atom. The molecule has 1 amide bonds. The van der Waals surface area contributed by atoms with Gasteiger partial charge >= 0.3 is 0 Å². The summed E-state index contributed by atoms with van der Waals surface area (Å²) in [6, 6.07) is 5.93. The average molecular weight is 485 g/mol. The second kappa shape index (κ2) is 9.11. The molecule has 0 saturated carbocycles. The van der Waals surface area contributed by atoms with E-state index in [1.54, 1.807) is 11.3 Å². The molecule has 2 aromatic heterocycles. The molecule has 5 rings (SSSR count). The summed E-state index contributed by atoms with van der Waals surface area (Å²) in [6.45, 7) is 7.28. The number of piperazine rings is 1. The molecule has 1 fully saturated rings. The van der Waals surface area contributed by atoms with Gasteiger partial charge in [0, 0.05) is 54.6 Å². The van der Waals surface area contributed by atoms with Crippen molar-refractivity contribution in [1.82, 2.24) is 14.9 Å². The van der Waals surface area contributed by atoms with E-state index in [2.05, 4.69) is 23.7 Å². The summed E-state index contributed by atoms with van der Waals surface area (Å²) in [5.41, 5.74) is 3.46. The zero-order valence-corrected chi connectivity index (χ0v) is 20.7. The molecule has 2 aliphatic rings. The van der Waals surface area contributed by atoms with Crippen molar-refractivity contribution in [2.24, 2.45) is 5.92 Å². The van der Waals surface area contributed by atoms with Crippen LogP contribution in [-0.4, -0.2) is 47.0 Å². The average Bonchev–Trinajstić information content (AvgIpc) is 3.17. The van der Waals surface area contributed by atoms with Gasteiger partial charge in [0.2, 0.25) is 5.91 Å². The normalized spacial score (nSPS) is 18.6. The summed E-state index contributed by atoms with van der Waals surface area (Å²) in [7, 11) is 0. The minimum absolute atomic E-state index is 0.0555. The van der Waals surface area contributed by atoms with Gasteiger partial charge in [0.05, 0.1) is 5.39 Å². The zero-order valence-electron chi connectivity index (χ0n) is 19.1. The number of H-pyrrole nitrogens is 1. The van der Waals surface area contributed by atoms with Crippen molar-refractivity contribution in [2.75, 3.05) is 31.1 Å². The standard InChI is InChI=1S/C25H29ClN4O2S/c1-15-3-6-18-20(13-15)33-25-23(18)24(32)27-21(28-25)7-8-22(31)30-11-9-29(10-12-30)19-14-17(26)5-4-16(19)2/h4-5,14-15H,3,6-13H2,1-2H3,(H,27,28,32)/t15-/m1/s1. The van der Waals surface area contributed by atoms with Crippen LogP contribution in [0.25, 0.3) is 10.2 Å². The fourth-order valence-electron chi connectivity index (χ4n) is 5.02. The molecule has 33 heavy (non-hydrogen) atoms. The number of hydrogen-bond acceptors (Lipinski definition) is 5. The first-order valence-electron chi connectivity index (χ1n) is 11.7. The maximum absolute atomic E-state index is 12.8. The highest BCUT2D eigenvalue weighted by Crippen LogP contribution is 2.35. The Bertz CT molecular complexity index is 1260. The van der Waals surface area contributed by atoms with E-state index in [9.17, 15) is 9.59 Å². The molecule has 3 aromatic rings. The van der Waals surface area contributed by atoms with Crippen molar-refractivity contribution >= 4 is 44.7 Å². The quantitative estimate of drug-likeness (QED) is 0.597. The van der Waals surface area contributed by atoms with Crippen LogP contribution in [0.4, 0.5) is 5.69 Å². The fraction of sp³-hybridized carbons (Fsp3) is 0.480. The monoisotopic (exact) mass is 484 g/mol. The third-order valence-corrected chi connectivity index (χ3v) is 8.32. The van der Waals surface area contributed by atoms with Gasteiger partial charge in [-0.05, 0) is 55.4 Å². The maximum atomic E-state index is 12.8. The Kier molecular flexibility index (Phi) is 6.18. The molecule has 1 aromatic carbocycles. The minimum Gasteiger partial charge on any atom is -0.368 e. The molecule has 1 saturated heterocycles. The number of aryl methyl sites for hydroxylation is 3. The number of amides is 1. The van der Waals surface area contributed by atoms with Crippen molar-refractivity contribution in [3.05, 3.63) is 55.4 Å². The lowest BCUT2D eigenvalue weighted by atomic mass is 9.89. The SMILES string of the molecule is Cc1ccc(Cl)cc1N1CCN(C(=O)CCc2nc3sc4c(c3c(=O)[nH]2)CC[C@@H](C)C4)CC1. The van der Waals surface area contributed by atoms with Crippen LogP contribution in [0.1, 0.15) is 41.6 Å². The first-order valence-corrected chi connectivity index (χ1v) is 12.9. The predicted molar refractivity (Wildman–Crippen MR) is 135 cm³/mol. The van der Waals surface area contributed by atoms with E-state index in [-0.39, 0.29) is 11.5 Å². The summed E-state index contributed by atoms with van der Waals surface area (Å²) in [6.07, 6.45) is 3.92. The third kappa shape index (κ3) is 4.53. The first kappa shape index (κ1) is 22.4. The van der Waals surface area contributed by atoms with E-state index in [4.69, 9.17) is 16.6 Å². The number of hydrogen-bond donors (Lipinski definition) is 1. The molecule has 0 spiro atoms. The number of fused-ring (bicyclic) bond motifs is 3. The number of halogens is 1. The molecular formula is C25H29ClN4O2S. The molecule has 0 unspecified atom stereocenters. The molecule has 174 valence electrons. The summed E-state index contributed by atoms with van der Waals surface area (Å²) >= 11 is 7.83. The summed E-state index contributed by atoms with van der Waals surface area (Å²) < 4.78 is 0. The fourth-order valence-corrected chi connectivity index (χ4v) is 6.58. The van der Waals surface area contributed by atoms with Crippen LogP contribution in [-0.2, 0) is 24.1 Å². The van der Waals surface area contributed by atoms with Crippen LogP contribution >= 0.6 is 22.9 Å². The molecule has 1 aliphatic carbocycles. The van der Waals surface area contributed by atoms with Crippen LogP contribution < -0.4 is 10.5 Å². The van der Waals surface area contributed by atoms with Crippen molar-refractivity contribution in [2.45, 2.75) is 46.0 Å². The number of rotatable bonds is 4. The van der Waals surface area contributed by atoms with Crippen LogP contribution in [0.3, 0.4) is 0 Å². The Morgan fingerprint density at radius 2 is 2.06 bits per heavy atom.